The highest BCUT2D eigenvalue weighted by Crippen LogP contribution is 2.50. The maximum atomic E-state index is 12.5. The lowest BCUT2D eigenvalue weighted by atomic mass is 9.61. The van der Waals surface area contributed by atoms with Gasteiger partial charge in [0.05, 0.1) is 17.7 Å². The van der Waals surface area contributed by atoms with Gasteiger partial charge in [0.1, 0.15) is 15.9 Å². The molecule has 1 spiro atoms. The molecular weight excluding hydrogens is 451 g/mol. The number of hydrogen-bond donors (Lipinski definition) is 1. The summed E-state index contributed by atoms with van der Waals surface area (Å²) in [6, 6.07) is 7.37. The van der Waals surface area contributed by atoms with Crippen LogP contribution in [0.5, 0.6) is 5.75 Å². The van der Waals surface area contributed by atoms with Crippen LogP contribution in [0.25, 0.3) is 10.8 Å². The highest BCUT2D eigenvalue weighted by atomic mass is 35.5. The molecule has 0 bridgehead atoms. The summed E-state index contributed by atoms with van der Waals surface area (Å²) in [6.45, 7) is 3.10. The summed E-state index contributed by atoms with van der Waals surface area (Å²) in [5.74, 6) is 0.724. The zero-order valence-electron chi connectivity index (χ0n) is 17.7. The first-order valence-electron chi connectivity index (χ1n) is 10.7. The minimum atomic E-state index is -0.332. The summed E-state index contributed by atoms with van der Waals surface area (Å²) in [5, 5.41) is 8.19. The smallest absolute Gasteiger partial charge is 0.283 e. The first-order chi connectivity index (χ1) is 15.3. The van der Waals surface area contributed by atoms with E-state index < -0.39 is 0 Å². The molecule has 0 unspecified atom stereocenters. The van der Waals surface area contributed by atoms with Crippen molar-refractivity contribution in [1.82, 2.24) is 19.7 Å². The maximum absolute atomic E-state index is 12.5. The van der Waals surface area contributed by atoms with Gasteiger partial charge < -0.3 is 14.2 Å². The number of hydrogen-bond acceptors (Lipinski definition) is 5. The van der Waals surface area contributed by atoms with Crippen molar-refractivity contribution in [3.05, 3.63) is 66.9 Å². The lowest BCUT2D eigenvalue weighted by Crippen LogP contribution is -2.64. The van der Waals surface area contributed by atoms with Crippen molar-refractivity contribution < 1.29 is 4.74 Å². The first kappa shape index (κ1) is 21.5. The first-order valence-corrected chi connectivity index (χ1v) is 11.5. The van der Waals surface area contributed by atoms with Crippen molar-refractivity contribution in [3.63, 3.8) is 0 Å². The van der Waals surface area contributed by atoms with E-state index in [1.54, 1.807) is 19.3 Å². The molecular formula is C23H24Cl2N4O3. The Labute approximate surface area is 194 Å². The maximum Gasteiger partial charge on any atom is 0.283 e. The average molecular weight is 475 g/mol. The highest BCUT2D eigenvalue weighted by Gasteiger charge is 2.53. The number of pyridine rings is 1. The molecule has 3 heterocycles. The molecule has 0 atom stereocenters. The fourth-order valence-corrected chi connectivity index (χ4v) is 5.42. The molecule has 32 heavy (non-hydrogen) atoms. The van der Waals surface area contributed by atoms with E-state index in [1.165, 1.54) is 4.57 Å². The Morgan fingerprint density at radius 2 is 2.00 bits per heavy atom. The molecule has 2 aromatic heterocycles. The molecule has 0 amide bonds. The third-order valence-electron chi connectivity index (χ3n) is 6.71. The van der Waals surface area contributed by atoms with Gasteiger partial charge in [-0.3, -0.25) is 9.59 Å². The Hall–Kier alpha value is -2.35. The van der Waals surface area contributed by atoms with Gasteiger partial charge in [-0.15, -0.1) is 0 Å². The second-order valence-electron chi connectivity index (χ2n) is 9.05. The van der Waals surface area contributed by atoms with Crippen molar-refractivity contribution in [2.45, 2.75) is 31.8 Å². The van der Waals surface area contributed by atoms with E-state index in [0.29, 0.717) is 16.0 Å². The van der Waals surface area contributed by atoms with Crippen molar-refractivity contribution in [1.29, 1.82) is 0 Å². The molecule has 1 N–H and O–H groups in total. The number of likely N-dealkylation sites (tertiary alicyclic amines) is 1. The molecule has 1 aliphatic carbocycles. The van der Waals surface area contributed by atoms with Crippen LogP contribution in [0, 0.1) is 5.41 Å². The molecule has 9 heteroatoms. The van der Waals surface area contributed by atoms with E-state index in [4.69, 9.17) is 27.9 Å². The third kappa shape index (κ3) is 3.83. The van der Waals surface area contributed by atoms with Gasteiger partial charge in [-0.2, -0.15) is 5.10 Å². The van der Waals surface area contributed by atoms with Crippen LogP contribution in [0.15, 0.2) is 40.1 Å². The van der Waals surface area contributed by atoms with E-state index in [2.05, 4.69) is 15.1 Å². The lowest BCUT2D eigenvalue weighted by molar-refractivity contribution is -0.118. The lowest BCUT2D eigenvalue weighted by Gasteiger charge is -2.58. The van der Waals surface area contributed by atoms with E-state index >= 15 is 0 Å². The number of fused-ring (bicyclic) bond motifs is 1. The van der Waals surface area contributed by atoms with E-state index in [-0.39, 0.29) is 22.2 Å². The number of benzene rings is 1. The summed E-state index contributed by atoms with van der Waals surface area (Å²) in [4.78, 5) is 26.4. The minimum Gasteiger partial charge on any atom is -0.490 e. The molecule has 2 fully saturated rings. The second kappa shape index (κ2) is 8.21. The van der Waals surface area contributed by atoms with Crippen LogP contribution >= 0.6 is 23.2 Å². The van der Waals surface area contributed by atoms with Crippen molar-refractivity contribution in [2.24, 2.45) is 12.5 Å². The molecule has 168 valence electrons. The number of halogens is 2. The zero-order valence-corrected chi connectivity index (χ0v) is 19.2. The topological polar surface area (TPSA) is 80.2 Å². The number of ether oxygens (including phenoxy) is 1. The Morgan fingerprint density at radius 1 is 1.22 bits per heavy atom. The third-order valence-corrected chi connectivity index (χ3v) is 7.48. The number of aromatic amines is 1. The monoisotopic (exact) mass is 474 g/mol. The Morgan fingerprint density at radius 3 is 2.78 bits per heavy atom. The summed E-state index contributed by atoms with van der Waals surface area (Å²) < 4.78 is 7.70. The highest BCUT2D eigenvalue weighted by molar-refractivity contribution is 6.31. The number of nitrogens with zero attached hydrogens (tertiary/aromatic N) is 3. The zero-order chi connectivity index (χ0) is 22.5. The van der Waals surface area contributed by atoms with Gasteiger partial charge in [0.15, 0.2) is 0 Å². The SMILES string of the molecule is Cn1c(Cl)cc2c(OC3CC4(C3)CN(CCCc3cn[nH]c(=O)c3Cl)C4)cccc2c1=O. The Bertz CT molecular complexity index is 1290. The van der Waals surface area contributed by atoms with Crippen LogP contribution in [-0.4, -0.2) is 45.4 Å². The van der Waals surface area contributed by atoms with Crippen molar-refractivity contribution in [3.8, 4) is 5.75 Å². The van der Waals surface area contributed by atoms with Gasteiger partial charge in [-0.1, -0.05) is 29.3 Å². The van der Waals surface area contributed by atoms with Gasteiger partial charge in [-0.05, 0) is 56.0 Å². The molecule has 3 aromatic rings. The standard InChI is InChI=1S/C23H24Cl2N4O3/c1-28-19(24)8-17-16(22(28)31)5-2-6-18(17)32-15-9-23(10-15)12-29(13-23)7-3-4-14-11-26-27-21(30)20(14)25/h2,5-6,8,11,15H,3-4,7,9-10,12-13H2,1H3,(H,27,30). The van der Waals surface area contributed by atoms with Gasteiger partial charge in [0.25, 0.3) is 11.1 Å². The number of nitrogens with one attached hydrogen (secondary N) is 1. The van der Waals surface area contributed by atoms with Gasteiger partial charge in [-0.25, -0.2) is 5.10 Å². The largest absolute Gasteiger partial charge is 0.490 e. The van der Waals surface area contributed by atoms with Crippen LogP contribution in [-0.2, 0) is 13.5 Å². The van der Waals surface area contributed by atoms with Gasteiger partial charge in [0, 0.05) is 30.9 Å². The van der Waals surface area contributed by atoms with Crippen molar-refractivity contribution in [2.75, 3.05) is 19.6 Å². The van der Waals surface area contributed by atoms with Crippen molar-refractivity contribution >= 4 is 34.0 Å². The summed E-state index contributed by atoms with van der Waals surface area (Å²) in [5.41, 5.74) is 0.690. The van der Waals surface area contributed by atoms with E-state index in [0.717, 1.165) is 62.0 Å². The Kier molecular flexibility index (Phi) is 5.51. The molecule has 0 radical (unpaired) electrons. The molecule has 1 saturated heterocycles. The summed E-state index contributed by atoms with van der Waals surface area (Å²) in [7, 11) is 1.67. The quantitative estimate of drug-likeness (QED) is 0.553. The molecule has 1 aromatic carbocycles. The number of H-pyrrole nitrogens is 1. The molecule has 1 saturated carbocycles. The molecule has 1 aliphatic heterocycles. The normalized spacial score (nSPS) is 18.0. The predicted molar refractivity (Wildman–Crippen MR) is 125 cm³/mol. The molecule has 2 aliphatic rings. The Balaban J connectivity index is 1.13. The fourth-order valence-electron chi connectivity index (χ4n) is 5.05. The van der Waals surface area contributed by atoms with Gasteiger partial charge >= 0.3 is 0 Å². The van der Waals surface area contributed by atoms with Crippen LogP contribution in [0.4, 0.5) is 0 Å². The second-order valence-corrected chi connectivity index (χ2v) is 9.81. The molecule has 5 rings (SSSR count). The summed E-state index contributed by atoms with van der Waals surface area (Å²) >= 11 is 12.3. The van der Waals surface area contributed by atoms with Gasteiger partial charge in [0.2, 0.25) is 0 Å². The number of aromatic nitrogens is 3. The van der Waals surface area contributed by atoms with Crippen LogP contribution in [0.1, 0.15) is 24.8 Å². The summed E-state index contributed by atoms with van der Waals surface area (Å²) in [6.07, 6.45) is 5.50. The van der Waals surface area contributed by atoms with E-state index in [9.17, 15) is 9.59 Å². The number of rotatable bonds is 6. The predicted octanol–water partition coefficient (Wildman–Crippen LogP) is 3.40. The average Bonchev–Trinajstić information content (AvgIpc) is 2.72. The minimum absolute atomic E-state index is 0.116. The van der Waals surface area contributed by atoms with Crippen LogP contribution in [0.2, 0.25) is 10.2 Å². The number of aryl methyl sites for hydroxylation is 1. The van der Waals surface area contributed by atoms with Crippen LogP contribution < -0.4 is 15.9 Å². The van der Waals surface area contributed by atoms with Crippen LogP contribution in [0.3, 0.4) is 0 Å². The molecule has 7 nitrogen and oxygen atoms in total. The van der Waals surface area contributed by atoms with E-state index in [1.807, 2.05) is 18.2 Å². The fraction of sp³-hybridized carbons (Fsp3) is 0.435.